The van der Waals surface area contributed by atoms with Gasteiger partial charge < -0.3 is 10.2 Å². The van der Waals surface area contributed by atoms with E-state index in [1.165, 1.54) is 11.8 Å². The van der Waals surface area contributed by atoms with Crippen LogP contribution in [-0.4, -0.2) is 18.9 Å². The summed E-state index contributed by atoms with van der Waals surface area (Å²) in [7, 11) is 1.75. The zero-order chi connectivity index (χ0) is 21.1. The zero-order valence-electron chi connectivity index (χ0n) is 16.9. The molecule has 0 spiro atoms. The number of carbonyl (C=O) groups excluding carboxylic acids is 2. The van der Waals surface area contributed by atoms with E-state index in [9.17, 15) is 9.59 Å². The van der Waals surface area contributed by atoms with Gasteiger partial charge in [0.2, 0.25) is 0 Å². The number of hydrogen-bond donors (Lipinski definition) is 1. The molecule has 1 aliphatic heterocycles. The molecule has 0 radical (unpaired) electrons. The van der Waals surface area contributed by atoms with Crippen LogP contribution in [0.5, 0.6) is 0 Å². The molecule has 0 unspecified atom stereocenters. The second-order valence-corrected chi connectivity index (χ2v) is 8.27. The van der Waals surface area contributed by atoms with E-state index in [-0.39, 0.29) is 11.8 Å². The Morgan fingerprint density at radius 3 is 2.53 bits per heavy atom. The van der Waals surface area contributed by atoms with Crippen LogP contribution in [0.15, 0.2) is 82.6 Å². The highest BCUT2D eigenvalue weighted by molar-refractivity contribution is 8.04. The summed E-state index contributed by atoms with van der Waals surface area (Å²) in [4.78, 5) is 28.8. The fourth-order valence-corrected chi connectivity index (χ4v) is 4.39. The van der Waals surface area contributed by atoms with E-state index in [0.717, 1.165) is 27.3 Å². The molecule has 1 aliphatic rings. The van der Waals surface area contributed by atoms with Crippen LogP contribution in [0.25, 0.3) is 6.08 Å². The van der Waals surface area contributed by atoms with Crippen molar-refractivity contribution in [1.82, 2.24) is 5.32 Å². The number of thioether (sulfide) groups is 1. The summed E-state index contributed by atoms with van der Waals surface area (Å²) in [5, 5.41) is 2.94. The number of aryl methyl sites for hydroxylation is 1. The van der Waals surface area contributed by atoms with Crippen LogP contribution in [-0.2, 0) is 11.3 Å². The molecule has 1 heterocycles. The molecule has 1 N–H and O–H groups in total. The molecule has 30 heavy (non-hydrogen) atoms. The van der Waals surface area contributed by atoms with Gasteiger partial charge in [0.05, 0.1) is 10.6 Å². The number of nitrogens with one attached hydrogen (secondary N) is 1. The maximum atomic E-state index is 12.9. The van der Waals surface area contributed by atoms with Gasteiger partial charge in [-0.05, 0) is 47.9 Å². The largest absolute Gasteiger partial charge is 0.348 e. The summed E-state index contributed by atoms with van der Waals surface area (Å²) in [6.45, 7) is 2.49. The maximum Gasteiger partial charge on any atom is 0.264 e. The lowest BCUT2D eigenvalue weighted by molar-refractivity contribution is -0.114. The quantitative estimate of drug-likeness (QED) is 0.609. The fourth-order valence-electron chi connectivity index (χ4n) is 3.31. The summed E-state index contributed by atoms with van der Waals surface area (Å²) in [6, 6.07) is 23.3. The first kappa shape index (κ1) is 20.0. The summed E-state index contributed by atoms with van der Waals surface area (Å²) in [5.74, 6) is -0.230. The van der Waals surface area contributed by atoms with Gasteiger partial charge in [-0.3, -0.25) is 9.59 Å². The molecule has 3 aromatic carbocycles. The number of carbonyl (C=O) groups is 2. The number of hydrogen-bond acceptors (Lipinski definition) is 3. The lowest BCUT2D eigenvalue weighted by atomic mass is 10.1. The van der Waals surface area contributed by atoms with E-state index < -0.39 is 0 Å². The molecule has 0 saturated heterocycles. The summed E-state index contributed by atoms with van der Waals surface area (Å²) in [6.07, 6.45) is 1.93. The van der Waals surface area contributed by atoms with Gasteiger partial charge in [0.15, 0.2) is 0 Å². The minimum absolute atomic E-state index is 0.0717. The summed E-state index contributed by atoms with van der Waals surface area (Å²) < 4.78 is 0. The first-order valence-electron chi connectivity index (χ1n) is 9.72. The third-order valence-corrected chi connectivity index (χ3v) is 6.17. The molecule has 0 atom stereocenters. The van der Waals surface area contributed by atoms with E-state index in [1.54, 1.807) is 24.1 Å². The fraction of sp³-hybridized carbons (Fsp3) is 0.120. The Kier molecular flexibility index (Phi) is 5.72. The highest BCUT2D eigenvalue weighted by Gasteiger charge is 2.27. The Morgan fingerprint density at radius 1 is 1.03 bits per heavy atom. The molecule has 0 bridgehead atoms. The van der Waals surface area contributed by atoms with Crippen molar-refractivity contribution in [3.63, 3.8) is 0 Å². The molecular weight excluding hydrogens is 392 g/mol. The maximum absolute atomic E-state index is 12.9. The Balaban J connectivity index is 1.55. The molecular formula is C25H22N2O2S. The van der Waals surface area contributed by atoms with Crippen molar-refractivity contribution >= 4 is 35.3 Å². The Bertz CT molecular complexity index is 1140. The molecule has 0 fully saturated rings. The smallest absolute Gasteiger partial charge is 0.264 e. The lowest BCUT2D eigenvalue weighted by Crippen LogP contribution is -2.31. The average Bonchev–Trinajstić information content (AvgIpc) is 2.77. The molecule has 150 valence electrons. The number of rotatable bonds is 4. The van der Waals surface area contributed by atoms with Crippen LogP contribution in [0.3, 0.4) is 0 Å². The van der Waals surface area contributed by atoms with Gasteiger partial charge in [-0.15, -0.1) is 0 Å². The van der Waals surface area contributed by atoms with E-state index in [2.05, 4.69) is 5.32 Å². The Hall–Kier alpha value is -3.31. The molecule has 2 amide bonds. The van der Waals surface area contributed by atoms with Crippen LogP contribution in [0.1, 0.15) is 27.0 Å². The summed E-state index contributed by atoms with van der Waals surface area (Å²) in [5.41, 5.74) is 4.48. The van der Waals surface area contributed by atoms with E-state index in [0.29, 0.717) is 17.0 Å². The van der Waals surface area contributed by atoms with Crippen molar-refractivity contribution in [2.24, 2.45) is 0 Å². The van der Waals surface area contributed by atoms with Crippen molar-refractivity contribution < 1.29 is 9.59 Å². The first-order valence-corrected chi connectivity index (χ1v) is 10.5. The molecule has 4 nitrogen and oxygen atoms in total. The number of fused-ring (bicyclic) bond motifs is 1. The lowest BCUT2D eigenvalue weighted by Gasteiger charge is -2.27. The number of likely N-dealkylation sites (N-methyl/N-ethyl adjacent to an activating group) is 1. The number of amides is 2. The first-order chi connectivity index (χ1) is 14.5. The second kappa shape index (κ2) is 8.59. The van der Waals surface area contributed by atoms with Crippen molar-refractivity contribution in [3.8, 4) is 0 Å². The second-order valence-electron chi connectivity index (χ2n) is 7.18. The van der Waals surface area contributed by atoms with Gasteiger partial charge in [-0.25, -0.2) is 0 Å². The summed E-state index contributed by atoms with van der Waals surface area (Å²) >= 11 is 1.44. The van der Waals surface area contributed by atoms with Crippen molar-refractivity contribution in [2.45, 2.75) is 18.4 Å². The SMILES string of the molecule is Cc1ccccc1/C=C1\Sc2ccc(C(=O)NCc3ccccc3)cc2N(C)C1=O. The molecule has 3 aromatic rings. The van der Waals surface area contributed by atoms with Crippen LogP contribution in [0.2, 0.25) is 0 Å². The molecule has 4 rings (SSSR count). The van der Waals surface area contributed by atoms with Gasteiger partial charge in [0, 0.05) is 24.1 Å². The van der Waals surface area contributed by atoms with Crippen molar-refractivity contribution in [2.75, 3.05) is 11.9 Å². The van der Waals surface area contributed by atoms with E-state index >= 15 is 0 Å². The number of benzene rings is 3. The number of nitrogens with zero attached hydrogens (tertiary/aromatic N) is 1. The molecule has 0 aliphatic carbocycles. The van der Waals surface area contributed by atoms with Gasteiger partial charge in [0.25, 0.3) is 11.8 Å². The van der Waals surface area contributed by atoms with Gasteiger partial charge >= 0.3 is 0 Å². The molecule has 0 aromatic heterocycles. The minimum atomic E-state index is -0.159. The third-order valence-electron chi connectivity index (χ3n) is 5.09. The Morgan fingerprint density at radius 2 is 1.77 bits per heavy atom. The van der Waals surface area contributed by atoms with Gasteiger partial charge in [-0.2, -0.15) is 0 Å². The topological polar surface area (TPSA) is 49.4 Å². The van der Waals surface area contributed by atoms with Crippen LogP contribution in [0.4, 0.5) is 5.69 Å². The normalized spacial score (nSPS) is 14.5. The molecule has 0 saturated carbocycles. The predicted octanol–water partition coefficient (Wildman–Crippen LogP) is 5.03. The van der Waals surface area contributed by atoms with Gasteiger partial charge in [-0.1, -0.05) is 66.4 Å². The van der Waals surface area contributed by atoms with Crippen molar-refractivity contribution in [3.05, 3.63) is 100.0 Å². The van der Waals surface area contributed by atoms with E-state index in [1.807, 2.05) is 73.7 Å². The standard InChI is InChI=1S/C25H22N2O2S/c1-17-8-6-7-11-19(17)15-23-25(29)27(2)21-14-20(12-13-22(21)30-23)24(28)26-16-18-9-4-3-5-10-18/h3-15H,16H2,1-2H3,(H,26,28)/b23-15-. The minimum Gasteiger partial charge on any atom is -0.348 e. The highest BCUT2D eigenvalue weighted by Crippen LogP contribution is 2.42. The monoisotopic (exact) mass is 414 g/mol. The average molecular weight is 415 g/mol. The third kappa shape index (κ3) is 4.16. The predicted molar refractivity (Wildman–Crippen MR) is 122 cm³/mol. The Labute approximate surface area is 180 Å². The van der Waals surface area contributed by atoms with Gasteiger partial charge in [0.1, 0.15) is 0 Å². The van der Waals surface area contributed by atoms with Crippen LogP contribution < -0.4 is 10.2 Å². The van der Waals surface area contributed by atoms with Crippen LogP contribution >= 0.6 is 11.8 Å². The zero-order valence-corrected chi connectivity index (χ0v) is 17.7. The van der Waals surface area contributed by atoms with E-state index in [4.69, 9.17) is 0 Å². The van der Waals surface area contributed by atoms with Crippen molar-refractivity contribution in [1.29, 1.82) is 0 Å². The van der Waals surface area contributed by atoms with Crippen LogP contribution in [0, 0.1) is 6.92 Å². The number of anilines is 1. The molecule has 5 heteroatoms. The highest BCUT2D eigenvalue weighted by atomic mass is 32.2.